The van der Waals surface area contributed by atoms with Gasteiger partial charge in [-0.05, 0) is 12.1 Å². The number of carbonyl (C=O) groups is 2. The van der Waals surface area contributed by atoms with Crippen LogP contribution in [0.15, 0.2) is 28.2 Å². The molecule has 21 heavy (non-hydrogen) atoms. The van der Waals surface area contributed by atoms with Crippen molar-refractivity contribution in [3.8, 4) is 10.8 Å². The zero-order valence-electron chi connectivity index (χ0n) is 11.2. The first kappa shape index (κ1) is 15.2. The zero-order chi connectivity index (χ0) is 15.2. The lowest BCUT2D eigenvalue weighted by Gasteiger charge is -2.12. The molecule has 7 nitrogen and oxygen atoms in total. The van der Waals surface area contributed by atoms with Gasteiger partial charge in [0, 0.05) is 12.5 Å². The van der Waals surface area contributed by atoms with Crippen molar-refractivity contribution < 1.29 is 23.8 Å². The lowest BCUT2D eigenvalue weighted by atomic mass is 10.2. The standard InChI is InChI=1S/C13H14N2O5S/c1-19-6-9(13(17)18)15-11(16)5-8-7-21-12(14-8)10-3-2-4-20-10/h2-4,7,9H,5-6H2,1H3,(H,15,16)(H,17,18). The molecule has 0 radical (unpaired) electrons. The van der Waals surface area contributed by atoms with E-state index in [4.69, 9.17) is 14.3 Å². The number of amides is 1. The second-order valence-electron chi connectivity index (χ2n) is 4.21. The topological polar surface area (TPSA) is 102 Å². The van der Waals surface area contributed by atoms with Crippen LogP contribution in [0.3, 0.4) is 0 Å². The lowest BCUT2D eigenvalue weighted by molar-refractivity contribution is -0.143. The summed E-state index contributed by atoms with van der Waals surface area (Å²) in [6.07, 6.45) is 1.55. The monoisotopic (exact) mass is 310 g/mol. The highest BCUT2D eigenvalue weighted by molar-refractivity contribution is 7.13. The van der Waals surface area contributed by atoms with Crippen molar-refractivity contribution in [2.75, 3.05) is 13.7 Å². The molecule has 2 heterocycles. The molecule has 0 spiro atoms. The van der Waals surface area contributed by atoms with Crippen molar-refractivity contribution in [1.82, 2.24) is 10.3 Å². The molecule has 0 aliphatic carbocycles. The molecule has 0 aliphatic rings. The third-order valence-electron chi connectivity index (χ3n) is 2.59. The number of carboxylic acid groups (broad SMARTS) is 1. The molecule has 0 fully saturated rings. The molecule has 2 aromatic rings. The third-order valence-corrected chi connectivity index (χ3v) is 3.50. The summed E-state index contributed by atoms with van der Waals surface area (Å²) in [7, 11) is 1.37. The number of furan rings is 1. The highest BCUT2D eigenvalue weighted by Crippen LogP contribution is 2.23. The first-order chi connectivity index (χ1) is 10.1. The van der Waals surface area contributed by atoms with Gasteiger partial charge in [-0.1, -0.05) is 0 Å². The summed E-state index contributed by atoms with van der Waals surface area (Å²) < 4.78 is 9.97. The highest BCUT2D eigenvalue weighted by Gasteiger charge is 2.20. The molecule has 0 aliphatic heterocycles. The van der Waals surface area contributed by atoms with Gasteiger partial charge in [0.15, 0.2) is 16.8 Å². The predicted molar refractivity (Wildman–Crippen MR) is 75.0 cm³/mol. The van der Waals surface area contributed by atoms with E-state index in [0.717, 1.165) is 0 Å². The minimum absolute atomic E-state index is 0.00467. The summed E-state index contributed by atoms with van der Waals surface area (Å²) in [4.78, 5) is 27.0. The number of nitrogens with zero attached hydrogens (tertiary/aromatic N) is 1. The Morgan fingerprint density at radius 3 is 3.00 bits per heavy atom. The molecule has 1 amide bonds. The van der Waals surface area contributed by atoms with Gasteiger partial charge in [-0.2, -0.15) is 0 Å². The van der Waals surface area contributed by atoms with Crippen LogP contribution < -0.4 is 5.32 Å². The van der Waals surface area contributed by atoms with Gasteiger partial charge in [0.1, 0.15) is 0 Å². The minimum atomic E-state index is -1.14. The van der Waals surface area contributed by atoms with E-state index in [0.29, 0.717) is 16.5 Å². The van der Waals surface area contributed by atoms with Crippen LogP contribution in [0.25, 0.3) is 10.8 Å². The number of nitrogens with one attached hydrogen (secondary N) is 1. The fourth-order valence-electron chi connectivity index (χ4n) is 1.65. The molecule has 112 valence electrons. The minimum Gasteiger partial charge on any atom is -0.480 e. The van der Waals surface area contributed by atoms with Crippen LogP contribution >= 0.6 is 11.3 Å². The number of aromatic nitrogens is 1. The highest BCUT2D eigenvalue weighted by atomic mass is 32.1. The number of ether oxygens (including phenoxy) is 1. The van der Waals surface area contributed by atoms with Crippen molar-refractivity contribution in [1.29, 1.82) is 0 Å². The lowest BCUT2D eigenvalue weighted by Crippen LogP contribution is -2.44. The summed E-state index contributed by atoms with van der Waals surface area (Å²) in [5, 5.41) is 13.7. The Labute approximate surface area is 124 Å². The Hall–Kier alpha value is -2.19. The van der Waals surface area contributed by atoms with Crippen LogP contribution in [0.5, 0.6) is 0 Å². The number of carbonyl (C=O) groups excluding carboxylic acids is 1. The Balaban J connectivity index is 1.95. The van der Waals surface area contributed by atoms with E-state index in [1.807, 2.05) is 0 Å². The largest absolute Gasteiger partial charge is 0.480 e. The normalized spacial score (nSPS) is 12.0. The Kier molecular flexibility index (Phi) is 5.07. The average molecular weight is 310 g/mol. The predicted octanol–water partition coefficient (Wildman–Crippen LogP) is 1.16. The van der Waals surface area contributed by atoms with Crippen LogP contribution in [0.4, 0.5) is 0 Å². The van der Waals surface area contributed by atoms with Crippen LogP contribution in [0, 0.1) is 0 Å². The number of thiazole rings is 1. The van der Waals surface area contributed by atoms with Crippen molar-refractivity contribution in [2.45, 2.75) is 12.5 Å². The van der Waals surface area contributed by atoms with Crippen LogP contribution in [0.2, 0.25) is 0 Å². The number of rotatable bonds is 7. The van der Waals surface area contributed by atoms with E-state index in [1.54, 1.807) is 23.8 Å². The quantitative estimate of drug-likeness (QED) is 0.796. The number of carboxylic acids is 1. The van der Waals surface area contributed by atoms with Gasteiger partial charge < -0.3 is 19.6 Å². The van der Waals surface area contributed by atoms with E-state index < -0.39 is 17.9 Å². The SMILES string of the molecule is COCC(NC(=O)Cc1csc(-c2ccco2)n1)C(=O)O. The molecule has 0 aromatic carbocycles. The summed E-state index contributed by atoms with van der Waals surface area (Å²) >= 11 is 1.36. The average Bonchev–Trinajstić information content (AvgIpc) is 3.08. The van der Waals surface area contributed by atoms with E-state index >= 15 is 0 Å². The maximum absolute atomic E-state index is 11.8. The summed E-state index contributed by atoms with van der Waals surface area (Å²) in [5.74, 6) is -0.926. The molecule has 2 aromatic heterocycles. The molecule has 0 saturated carbocycles. The van der Waals surface area contributed by atoms with Crippen LogP contribution in [-0.4, -0.2) is 41.7 Å². The summed E-state index contributed by atoms with van der Waals surface area (Å²) in [5.41, 5.74) is 0.561. The van der Waals surface area contributed by atoms with Crippen molar-refractivity contribution in [3.05, 3.63) is 29.5 Å². The molecular formula is C13H14N2O5S. The number of hydrogen-bond acceptors (Lipinski definition) is 6. The zero-order valence-corrected chi connectivity index (χ0v) is 12.1. The Morgan fingerprint density at radius 1 is 1.57 bits per heavy atom. The van der Waals surface area contributed by atoms with Crippen molar-refractivity contribution in [2.24, 2.45) is 0 Å². The van der Waals surface area contributed by atoms with Gasteiger partial charge >= 0.3 is 5.97 Å². The molecule has 1 atom stereocenters. The summed E-state index contributed by atoms with van der Waals surface area (Å²) in [6, 6.07) is 2.47. The van der Waals surface area contributed by atoms with E-state index in [2.05, 4.69) is 10.3 Å². The number of hydrogen-bond donors (Lipinski definition) is 2. The molecule has 1 unspecified atom stereocenters. The van der Waals surface area contributed by atoms with E-state index in [1.165, 1.54) is 18.4 Å². The maximum Gasteiger partial charge on any atom is 0.328 e. The van der Waals surface area contributed by atoms with Crippen LogP contribution in [0.1, 0.15) is 5.69 Å². The van der Waals surface area contributed by atoms with Gasteiger partial charge in [-0.25, -0.2) is 9.78 Å². The molecule has 0 bridgehead atoms. The Morgan fingerprint density at radius 2 is 2.38 bits per heavy atom. The molecule has 2 N–H and O–H groups in total. The fraction of sp³-hybridized carbons (Fsp3) is 0.308. The number of methoxy groups -OCH3 is 1. The number of aliphatic carboxylic acids is 1. The first-order valence-electron chi connectivity index (χ1n) is 6.09. The Bertz CT molecular complexity index is 608. The smallest absolute Gasteiger partial charge is 0.328 e. The molecular weight excluding hydrogens is 296 g/mol. The van der Waals surface area contributed by atoms with E-state index in [9.17, 15) is 9.59 Å². The second kappa shape index (κ2) is 7.00. The third kappa shape index (κ3) is 4.14. The molecule has 0 saturated heterocycles. The fourth-order valence-corrected chi connectivity index (χ4v) is 2.44. The van der Waals surface area contributed by atoms with Gasteiger partial charge in [0.2, 0.25) is 5.91 Å². The van der Waals surface area contributed by atoms with Gasteiger partial charge in [-0.3, -0.25) is 4.79 Å². The maximum atomic E-state index is 11.8. The van der Waals surface area contributed by atoms with Crippen LogP contribution in [-0.2, 0) is 20.7 Å². The van der Waals surface area contributed by atoms with Gasteiger partial charge in [-0.15, -0.1) is 11.3 Å². The van der Waals surface area contributed by atoms with Gasteiger partial charge in [0.25, 0.3) is 0 Å². The van der Waals surface area contributed by atoms with E-state index in [-0.39, 0.29) is 13.0 Å². The summed E-state index contributed by atoms with van der Waals surface area (Å²) in [6.45, 7) is -0.0875. The molecule has 8 heteroatoms. The first-order valence-corrected chi connectivity index (χ1v) is 6.97. The van der Waals surface area contributed by atoms with Crippen molar-refractivity contribution in [3.63, 3.8) is 0 Å². The van der Waals surface area contributed by atoms with Gasteiger partial charge in [0.05, 0.1) is 25.0 Å². The molecule has 2 rings (SSSR count). The van der Waals surface area contributed by atoms with Crippen molar-refractivity contribution >= 4 is 23.2 Å². The second-order valence-corrected chi connectivity index (χ2v) is 5.07.